The van der Waals surface area contributed by atoms with Crippen molar-refractivity contribution >= 4 is 34.3 Å². The van der Waals surface area contributed by atoms with Crippen molar-refractivity contribution in [1.82, 2.24) is 19.4 Å². The Morgan fingerprint density at radius 2 is 1.70 bits per heavy atom. The number of nitrogens with zero attached hydrogens (tertiary/aromatic N) is 5. The first kappa shape index (κ1) is 40.1. The summed E-state index contributed by atoms with van der Waals surface area (Å²) in [6.07, 6.45) is 0.293. The first-order valence-electron chi connectivity index (χ1n) is 21.0. The number of phenolic OH excluding ortho intramolecular Hbond substituents is 2. The van der Waals surface area contributed by atoms with E-state index in [2.05, 4.69) is 36.1 Å². The summed E-state index contributed by atoms with van der Waals surface area (Å²) in [5.41, 5.74) is 8.47. The van der Waals surface area contributed by atoms with Gasteiger partial charge in [0.15, 0.2) is 5.60 Å². The number of pyridine rings is 2. The van der Waals surface area contributed by atoms with Gasteiger partial charge in [-0.1, -0.05) is 52.0 Å². The smallest absolute Gasteiger partial charge is 0.415 e. The highest BCUT2D eigenvalue weighted by atomic mass is 16.6. The number of carbonyl (C=O) groups excluding carboxylic acids is 2. The lowest BCUT2D eigenvalue weighted by atomic mass is 9.86. The molecule has 13 nitrogen and oxygen atoms in total. The molecule has 6 heterocycles. The molecule has 0 radical (unpaired) electrons. The van der Waals surface area contributed by atoms with Gasteiger partial charge in [0.25, 0.3) is 5.56 Å². The first-order chi connectivity index (χ1) is 29.3. The van der Waals surface area contributed by atoms with Crippen LogP contribution in [0, 0.1) is 0 Å². The second-order valence-corrected chi connectivity index (χ2v) is 16.8. The molecule has 1 fully saturated rings. The molecule has 1 saturated heterocycles. The van der Waals surface area contributed by atoms with Gasteiger partial charge in [-0.15, -0.1) is 0 Å². The minimum atomic E-state index is -1.90. The molecule has 4 aliphatic heterocycles. The van der Waals surface area contributed by atoms with Crippen LogP contribution in [0.2, 0.25) is 0 Å². The summed E-state index contributed by atoms with van der Waals surface area (Å²) < 4.78 is 12.8. The van der Waals surface area contributed by atoms with Gasteiger partial charge in [-0.25, -0.2) is 14.6 Å². The maximum atomic E-state index is 13.7. The molecule has 1 amide bonds. The number of piperazine rings is 1. The van der Waals surface area contributed by atoms with Crippen LogP contribution in [-0.2, 0) is 41.2 Å². The Morgan fingerprint density at radius 3 is 2.41 bits per heavy atom. The third-order valence-electron chi connectivity index (χ3n) is 12.8. The van der Waals surface area contributed by atoms with Gasteiger partial charge in [0, 0.05) is 66.4 Å². The molecule has 0 unspecified atom stereocenters. The number of fused-ring (bicyclic) bond motifs is 5. The second-order valence-electron chi connectivity index (χ2n) is 16.8. The number of ether oxygens (including phenoxy) is 2. The van der Waals surface area contributed by atoms with E-state index in [0.717, 1.165) is 56.6 Å². The van der Waals surface area contributed by atoms with Gasteiger partial charge in [-0.05, 0) is 83.8 Å². The van der Waals surface area contributed by atoms with Crippen molar-refractivity contribution in [1.29, 1.82) is 0 Å². The van der Waals surface area contributed by atoms with Gasteiger partial charge >= 0.3 is 12.1 Å². The highest BCUT2D eigenvalue weighted by Gasteiger charge is 2.45. The number of amides is 1. The van der Waals surface area contributed by atoms with Crippen molar-refractivity contribution in [3.8, 4) is 28.6 Å². The predicted octanol–water partition coefficient (Wildman–Crippen LogP) is 6.77. The molecular formula is C48H49N5O8. The molecule has 0 saturated carbocycles. The van der Waals surface area contributed by atoms with E-state index < -0.39 is 17.7 Å². The Kier molecular flexibility index (Phi) is 10.1. The topological polar surface area (TPSA) is 167 Å². The fourth-order valence-corrected chi connectivity index (χ4v) is 9.30. The molecule has 3 N–H and O–H groups in total. The summed E-state index contributed by atoms with van der Waals surface area (Å²) >= 11 is 0. The van der Waals surface area contributed by atoms with Gasteiger partial charge in [0.2, 0.25) is 0 Å². The molecule has 0 aliphatic carbocycles. The van der Waals surface area contributed by atoms with Crippen LogP contribution in [0.3, 0.4) is 0 Å². The number of esters is 1. The van der Waals surface area contributed by atoms with Crippen LogP contribution < -0.4 is 10.3 Å². The van der Waals surface area contributed by atoms with E-state index in [1.165, 1.54) is 6.07 Å². The van der Waals surface area contributed by atoms with E-state index in [1.54, 1.807) is 28.5 Å². The average molecular weight is 824 g/mol. The number of carbonyl (C=O) groups is 2. The normalized spacial score (nSPS) is 18.6. The Hall–Kier alpha value is -6.31. The number of hydrogen-bond acceptors (Lipinski definition) is 11. The molecule has 0 spiro atoms. The van der Waals surface area contributed by atoms with Crippen molar-refractivity contribution in [2.24, 2.45) is 4.99 Å². The largest absolute Gasteiger partial charge is 0.508 e. The lowest BCUT2D eigenvalue weighted by Gasteiger charge is -2.34. The van der Waals surface area contributed by atoms with Crippen molar-refractivity contribution in [2.45, 2.75) is 78.7 Å². The summed E-state index contributed by atoms with van der Waals surface area (Å²) in [4.78, 5) is 53.6. The number of aliphatic hydroxyl groups is 1. The molecule has 5 aromatic rings. The van der Waals surface area contributed by atoms with E-state index in [-0.39, 0.29) is 47.1 Å². The molecule has 0 bridgehead atoms. The molecule has 4 aliphatic rings. The Morgan fingerprint density at radius 1 is 0.951 bits per heavy atom. The lowest BCUT2D eigenvalue weighted by Crippen LogP contribution is -2.49. The summed E-state index contributed by atoms with van der Waals surface area (Å²) in [6, 6.07) is 18.8. The number of phenols is 2. The van der Waals surface area contributed by atoms with Crippen molar-refractivity contribution in [2.75, 3.05) is 32.7 Å². The third kappa shape index (κ3) is 6.76. The van der Waals surface area contributed by atoms with Gasteiger partial charge in [0.1, 0.15) is 23.9 Å². The number of aromatic hydroxyl groups is 2. The molecule has 9 rings (SSSR count). The van der Waals surface area contributed by atoms with Crippen LogP contribution in [-0.4, -0.2) is 85.2 Å². The average Bonchev–Trinajstić information content (AvgIpc) is 3.82. The van der Waals surface area contributed by atoms with Crippen molar-refractivity contribution < 1.29 is 34.4 Å². The summed E-state index contributed by atoms with van der Waals surface area (Å²) in [5.74, 6) is -0.181. The first-order valence-corrected chi connectivity index (χ1v) is 21.0. The zero-order chi connectivity index (χ0) is 42.9. The zero-order valence-electron chi connectivity index (χ0n) is 35.0. The number of allylic oxidation sites excluding steroid dienone is 1. The third-order valence-corrected chi connectivity index (χ3v) is 12.8. The number of rotatable bonds is 8. The van der Waals surface area contributed by atoms with E-state index in [9.17, 15) is 29.7 Å². The number of aryl methyl sites for hydroxylation is 1. The second kappa shape index (κ2) is 15.3. The molecule has 61 heavy (non-hydrogen) atoms. The van der Waals surface area contributed by atoms with Gasteiger partial charge in [0.05, 0.1) is 41.3 Å². The SMILES string of the molecule is CCc1c2c(nc3ccc(OC(=O)N4CCN(Cc5ccc(C6=C(C)CN=C6c6cc(C(C)C)c(O)cc6O)cc5)CC4)cc13)-c1cc3c(c(=O)n1C2)COC(=O)[C@]3(O)CC. The standard InChI is InChI=1S/C48H49N5O8/c1-6-31-33-18-30(12-13-38(33)50-43-35(31)24-53-39(43)20-37-36(45(53)56)25-60-46(57)48(37,59)7-2)61-47(58)52-16-14-51(15-17-52)23-28-8-10-29(11-9-28)42-27(5)22-49-44(42)34-19-32(26(3)4)40(54)21-41(34)55/h8-13,18-21,26,54-55,59H,6-7,14-17,22-25H2,1-5H3/t48-/m0/s1. The summed E-state index contributed by atoms with van der Waals surface area (Å²) in [7, 11) is 0. The highest BCUT2D eigenvalue weighted by molar-refractivity contribution is 6.34. The zero-order valence-corrected chi connectivity index (χ0v) is 35.0. The number of hydrogen-bond donors (Lipinski definition) is 3. The van der Waals surface area contributed by atoms with Gasteiger partial charge < -0.3 is 34.3 Å². The molecule has 13 heteroatoms. The van der Waals surface area contributed by atoms with Crippen molar-refractivity contribution in [3.63, 3.8) is 0 Å². The minimum Gasteiger partial charge on any atom is -0.508 e. The van der Waals surface area contributed by atoms with Crippen molar-refractivity contribution in [3.05, 3.63) is 121 Å². The summed E-state index contributed by atoms with van der Waals surface area (Å²) in [6.45, 7) is 13.6. The quantitative estimate of drug-likeness (QED) is 0.140. The Labute approximate surface area is 353 Å². The maximum absolute atomic E-state index is 13.7. The van der Waals surface area contributed by atoms with E-state index in [1.807, 2.05) is 39.0 Å². The van der Waals surface area contributed by atoms with Crippen LogP contribution in [0.25, 0.3) is 27.9 Å². The van der Waals surface area contributed by atoms with E-state index in [4.69, 9.17) is 19.5 Å². The maximum Gasteiger partial charge on any atom is 0.415 e. The summed E-state index contributed by atoms with van der Waals surface area (Å²) in [5, 5.41) is 33.3. The van der Waals surface area contributed by atoms with E-state index >= 15 is 0 Å². The van der Waals surface area contributed by atoms with Gasteiger partial charge in [-0.3, -0.25) is 14.7 Å². The van der Waals surface area contributed by atoms with E-state index in [0.29, 0.717) is 73.9 Å². The van der Waals surface area contributed by atoms with Crippen LogP contribution in [0.15, 0.2) is 76.0 Å². The number of aromatic nitrogens is 2. The van der Waals surface area contributed by atoms with Crippen LogP contribution in [0.4, 0.5) is 4.79 Å². The molecule has 314 valence electrons. The van der Waals surface area contributed by atoms with Gasteiger partial charge in [-0.2, -0.15) is 0 Å². The fourth-order valence-electron chi connectivity index (χ4n) is 9.30. The Balaban J connectivity index is 0.857. The molecular weight excluding hydrogens is 775 g/mol. The number of benzene rings is 3. The number of cyclic esters (lactones) is 1. The fraction of sp³-hybridized carbons (Fsp3) is 0.354. The van der Waals surface area contributed by atoms with Crippen LogP contribution in [0.1, 0.15) is 91.5 Å². The Bertz CT molecular complexity index is 2780. The molecule has 2 aromatic heterocycles. The highest BCUT2D eigenvalue weighted by Crippen LogP contribution is 2.42. The predicted molar refractivity (Wildman–Crippen MR) is 231 cm³/mol. The molecule has 1 atom stereocenters. The minimum absolute atomic E-state index is 0.00594. The molecule has 3 aromatic carbocycles. The number of aliphatic imine (C=N–C) groups is 1. The monoisotopic (exact) mass is 823 g/mol. The van der Waals surface area contributed by atoms with Crippen LogP contribution >= 0.6 is 0 Å². The lowest BCUT2D eigenvalue weighted by molar-refractivity contribution is -0.172. The van der Waals surface area contributed by atoms with Crippen LogP contribution in [0.5, 0.6) is 17.2 Å².